The number of hydrogen-bond acceptors (Lipinski definition) is 4. The van der Waals surface area contributed by atoms with Gasteiger partial charge in [0, 0.05) is 6.54 Å². The number of hydrogen-bond donors (Lipinski definition) is 1. The minimum absolute atomic E-state index is 0.0122. The van der Waals surface area contributed by atoms with Crippen LogP contribution in [0.1, 0.15) is 20.3 Å². The molecule has 4 nitrogen and oxygen atoms in total. The number of aliphatic hydroxyl groups excluding tert-OH is 1. The van der Waals surface area contributed by atoms with Crippen molar-refractivity contribution in [2.24, 2.45) is 10.9 Å². The normalized spacial score (nSPS) is 27.9. The van der Waals surface area contributed by atoms with Crippen molar-refractivity contribution < 1.29 is 9.90 Å². The fourth-order valence-corrected chi connectivity index (χ4v) is 2.19. The van der Waals surface area contributed by atoms with Gasteiger partial charge in [-0.3, -0.25) is 9.69 Å². The molecule has 80 valence electrons. The number of thioether (sulfide) groups is 1. The molecule has 0 aromatic heterocycles. The molecule has 1 aliphatic heterocycles. The predicted molar refractivity (Wildman–Crippen MR) is 58.1 cm³/mol. The monoisotopic (exact) mass is 216 g/mol. The summed E-state index contributed by atoms with van der Waals surface area (Å²) in [7, 11) is 0. The largest absolute Gasteiger partial charge is 0.371 e. The molecule has 0 saturated carbocycles. The molecule has 5 heteroatoms. The standard InChI is InChI=1S/C9H16N2O2S/c1-4-6-7(12)10-9(14-3)11(5-2)8(6)13/h6-7,12H,4-5H2,1-3H3. The van der Waals surface area contributed by atoms with E-state index in [4.69, 9.17) is 0 Å². The fourth-order valence-electron chi connectivity index (χ4n) is 1.53. The number of amides is 1. The first-order valence-corrected chi connectivity index (χ1v) is 5.99. The first kappa shape index (κ1) is 11.5. The number of nitrogens with zero attached hydrogens (tertiary/aromatic N) is 2. The SMILES string of the molecule is CCC1C(=O)N(CC)C(SC)=NC1O. The summed E-state index contributed by atoms with van der Waals surface area (Å²) in [5.74, 6) is -0.382. The van der Waals surface area contributed by atoms with E-state index < -0.39 is 6.23 Å². The Morgan fingerprint density at radius 1 is 1.57 bits per heavy atom. The van der Waals surface area contributed by atoms with Gasteiger partial charge in [-0.15, -0.1) is 0 Å². The smallest absolute Gasteiger partial charge is 0.236 e. The van der Waals surface area contributed by atoms with Crippen LogP contribution in [0.15, 0.2) is 4.99 Å². The van der Waals surface area contributed by atoms with E-state index >= 15 is 0 Å². The molecule has 1 aliphatic rings. The Bertz CT molecular complexity index is 255. The van der Waals surface area contributed by atoms with Gasteiger partial charge in [0.15, 0.2) is 11.4 Å². The second kappa shape index (κ2) is 4.79. The highest BCUT2D eigenvalue weighted by Crippen LogP contribution is 2.23. The van der Waals surface area contributed by atoms with Crippen molar-refractivity contribution in [3.05, 3.63) is 0 Å². The number of rotatable bonds is 2. The average Bonchev–Trinajstić information content (AvgIpc) is 2.17. The first-order valence-electron chi connectivity index (χ1n) is 4.76. The topological polar surface area (TPSA) is 52.9 Å². The zero-order valence-corrected chi connectivity index (χ0v) is 9.54. The molecule has 0 spiro atoms. The summed E-state index contributed by atoms with van der Waals surface area (Å²) in [5.41, 5.74) is 0. The Hall–Kier alpha value is -0.550. The van der Waals surface area contributed by atoms with Crippen molar-refractivity contribution in [1.29, 1.82) is 0 Å². The Kier molecular flexibility index (Phi) is 3.95. The van der Waals surface area contributed by atoms with Crippen LogP contribution in [-0.2, 0) is 4.79 Å². The number of amidine groups is 1. The fraction of sp³-hybridized carbons (Fsp3) is 0.778. The van der Waals surface area contributed by atoms with Gasteiger partial charge in [-0.05, 0) is 19.6 Å². The second-order valence-corrected chi connectivity index (χ2v) is 3.90. The van der Waals surface area contributed by atoms with Crippen molar-refractivity contribution in [3.8, 4) is 0 Å². The van der Waals surface area contributed by atoms with Crippen LogP contribution in [0.25, 0.3) is 0 Å². The number of carbonyl (C=O) groups is 1. The molecular formula is C9H16N2O2S. The van der Waals surface area contributed by atoms with Crippen LogP contribution in [0.4, 0.5) is 0 Å². The molecule has 1 amide bonds. The minimum atomic E-state index is -0.863. The first-order chi connectivity index (χ1) is 6.65. The van der Waals surface area contributed by atoms with Crippen LogP contribution in [0.5, 0.6) is 0 Å². The highest BCUT2D eigenvalue weighted by Gasteiger charge is 2.35. The molecular weight excluding hydrogens is 200 g/mol. The number of aliphatic imine (C=N–C) groups is 1. The van der Waals surface area contributed by atoms with Crippen LogP contribution in [0.2, 0.25) is 0 Å². The van der Waals surface area contributed by atoms with Crippen molar-refractivity contribution in [3.63, 3.8) is 0 Å². The summed E-state index contributed by atoms with van der Waals surface area (Å²) in [6.45, 7) is 4.41. The van der Waals surface area contributed by atoms with Gasteiger partial charge in [0.05, 0.1) is 5.92 Å². The third-order valence-electron chi connectivity index (χ3n) is 2.36. The van der Waals surface area contributed by atoms with E-state index in [-0.39, 0.29) is 11.8 Å². The van der Waals surface area contributed by atoms with E-state index in [1.807, 2.05) is 20.1 Å². The molecule has 2 atom stereocenters. The lowest BCUT2D eigenvalue weighted by Gasteiger charge is -2.32. The maximum atomic E-state index is 11.8. The quantitative estimate of drug-likeness (QED) is 0.746. The third-order valence-corrected chi connectivity index (χ3v) is 3.05. The Morgan fingerprint density at radius 3 is 2.64 bits per heavy atom. The molecule has 1 rings (SSSR count). The van der Waals surface area contributed by atoms with Gasteiger partial charge < -0.3 is 5.11 Å². The zero-order chi connectivity index (χ0) is 10.7. The van der Waals surface area contributed by atoms with E-state index in [9.17, 15) is 9.90 Å². The molecule has 0 radical (unpaired) electrons. The predicted octanol–water partition coefficient (Wildman–Crippen LogP) is 0.912. The minimum Gasteiger partial charge on any atom is -0.371 e. The third kappa shape index (κ3) is 1.93. The van der Waals surface area contributed by atoms with E-state index in [0.29, 0.717) is 18.1 Å². The summed E-state index contributed by atoms with van der Waals surface area (Å²) >= 11 is 1.39. The maximum absolute atomic E-state index is 11.8. The molecule has 2 unspecified atom stereocenters. The summed E-state index contributed by atoms with van der Waals surface area (Å²) < 4.78 is 0. The average molecular weight is 216 g/mol. The Morgan fingerprint density at radius 2 is 2.21 bits per heavy atom. The maximum Gasteiger partial charge on any atom is 0.236 e. The van der Waals surface area contributed by atoms with Gasteiger partial charge in [0.25, 0.3) is 0 Å². The van der Waals surface area contributed by atoms with Crippen LogP contribution in [0, 0.1) is 5.92 Å². The Labute approximate surface area is 88.4 Å². The van der Waals surface area contributed by atoms with E-state index in [0.717, 1.165) is 0 Å². The number of carbonyl (C=O) groups excluding carboxylic acids is 1. The lowest BCUT2D eigenvalue weighted by Crippen LogP contribution is -2.47. The van der Waals surface area contributed by atoms with Gasteiger partial charge in [-0.25, -0.2) is 4.99 Å². The number of aliphatic hydroxyl groups is 1. The van der Waals surface area contributed by atoms with Gasteiger partial charge in [0.1, 0.15) is 0 Å². The van der Waals surface area contributed by atoms with Crippen molar-refractivity contribution >= 4 is 22.8 Å². The second-order valence-electron chi connectivity index (χ2n) is 3.13. The van der Waals surface area contributed by atoms with Gasteiger partial charge >= 0.3 is 0 Å². The highest BCUT2D eigenvalue weighted by molar-refractivity contribution is 8.13. The lowest BCUT2D eigenvalue weighted by molar-refractivity contribution is -0.136. The molecule has 0 saturated heterocycles. The van der Waals surface area contributed by atoms with Crippen molar-refractivity contribution in [1.82, 2.24) is 4.90 Å². The molecule has 14 heavy (non-hydrogen) atoms. The van der Waals surface area contributed by atoms with Crippen LogP contribution >= 0.6 is 11.8 Å². The van der Waals surface area contributed by atoms with Gasteiger partial charge in [0.2, 0.25) is 5.91 Å². The summed E-state index contributed by atoms with van der Waals surface area (Å²) in [5, 5.41) is 10.2. The van der Waals surface area contributed by atoms with Crippen molar-refractivity contribution in [2.75, 3.05) is 12.8 Å². The Balaban J connectivity index is 2.95. The highest BCUT2D eigenvalue weighted by atomic mass is 32.2. The van der Waals surface area contributed by atoms with Crippen LogP contribution in [-0.4, -0.2) is 40.1 Å². The van der Waals surface area contributed by atoms with E-state index in [2.05, 4.69) is 4.99 Å². The van der Waals surface area contributed by atoms with E-state index in [1.54, 1.807) is 4.90 Å². The summed E-state index contributed by atoms with van der Waals surface area (Å²) in [4.78, 5) is 17.6. The van der Waals surface area contributed by atoms with Crippen molar-refractivity contribution in [2.45, 2.75) is 26.5 Å². The van der Waals surface area contributed by atoms with Gasteiger partial charge in [-0.1, -0.05) is 18.7 Å². The van der Waals surface area contributed by atoms with Crippen LogP contribution in [0.3, 0.4) is 0 Å². The molecule has 0 aromatic rings. The lowest BCUT2D eigenvalue weighted by atomic mass is 10.0. The molecule has 1 heterocycles. The zero-order valence-electron chi connectivity index (χ0n) is 8.73. The molecule has 1 N–H and O–H groups in total. The van der Waals surface area contributed by atoms with Gasteiger partial charge in [-0.2, -0.15) is 0 Å². The molecule has 0 fully saturated rings. The molecule has 0 aromatic carbocycles. The van der Waals surface area contributed by atoms with Crippen LogP contribution < -0.4 is 0 Å². The summed E-state index contributed by atoms with van der Waals surface area (Å²) in [6.07, 6.45) is 1.62. The summed E-state index contributed by atoms with van der Waals surface area (Å²) in [6, 6.07) is 0. The van der Waals surface area contributed by atoms with E-state index in [1.165, 1.54) is 11.8 Å². The molecule has 0 bridgehead atoms. The molecule has 0 aliphatic carbocycles.